The van der Waals surface area contributed by atoms with Crippen molar-refractivity contribution in [3.63, 3.8) is 0 Å². The summed E-state index contributed by atoms with van der Waals surface area (Å²) >= 11 is 9.42. The Labute approximate surface area is 155 Å². The van der Waals surface area contributed by atoms with Crippen LogP contribution >= 0.6 is 34.3 Å². The first-order valence-electron chi connectivity index (χ1n) is 8.28. The molecule has 3 heterocycles. The lowest BCUT2D eigenvalue weighted by Gasteiger charge is -2.15. The van der Waals surface area contributed by atoms with Gasteiger partial charge < -0.3 is 11.1 Å². The van der Waals surface area contributed by atoms with E-state index in [9.17, 15) is 0 Å². The van der Waals surface area contributed by atoms with Crippen molar-refractivity contribution in [3.05, 3.63) is 45.1 Å². The minimum atomic E-state index is 0.532. The molecule has 0 spiro atoms. The Kier molecular flexibility index (Phi) is 6.49. The highest BCUT2D eigenvalue weighted by molar-refractivity contribution is 7.17. The van der Waals surface area contributed by atoms with Gasteiger partial charge in [0.2, 0.25) is 0 Å². The fraction of sp³-hybridized carbons (Fsp3) is 0.389. The topological polar surface area (TPSA) is 50.9 Å². The number of fused-ring (bicyclic) bond motifs is 1. The fourth-order valence-corrected chi connectivity index (χ4v) is 4.46. The average molecular weight is 380 g/mol. The number of anilines is 1. The Morgan fingerprint density at radius 3 is 2.67 bits per heavy atom. The van der Waals surface area contributed by atoms with Gasteiger partial charge in [-0.3, -0.25) is 0 Å². The first-order chi connectivity index (χ1) is 11.7. The minimum absolute atomic E-state index is 0.532. The van der Waals surface area contributed by atoms with Crippen LogP contribution in [0, 0.1) is 0 Å². The largest absolute Gasteiger partial charge is 0.379 e. The van der Waals surface area contributed by atoms with Gasteiger partial charge >= 0.3 is 0 Å². The van der Waals surface area contributed by atoms with Gasteiger partial charge in [0.1, 0.15) is 5.15 Å². The summed E-state index contributed by atoms with van der Waals surface area (Å²) in [6.07, 6.45) is 6.66. The number of nitrogens with zero attached hydrogens (tertiary/aromatic N) is 1. The smallest absolute Gasteiger partial charge is 0.131 e. The number of nitrogens with one attached hydrogen (secondary N) is 1. The second kappa shape index (κ2) is 8.81. The minimum Gasteiger partial charge on any atom is -0.379 e. The van der Waals surface area contributed by atoms with Crippen molar-refractivity contribution in [3.8, 4) is 0 Å². The van der Waals surface area contributed by atoms with Crippen LogP contribution in [0.3, 0.4) is 0 Å². The van der Waals surface area contributed by atoms with E-state index < -0.39 is 0 Å². The lowest BCUT2D eigenvalue weighted by molar-refractivity contribution is 0.441. The molecule has 1 fully saturated rings. The molecule has 3 aromatic rings. The van der Waals surface area contributed by atoms with E-state index in [1.165, 1.54) is 37.0 Å². The molecule has 1 aliphatic rings. The third kappa shape index (κ3) is 4.93. The molecule has 0 aromatic carbocycles. The van der Waals surface area contributed by atoms with Crippen LogP contribution in [0.5, 0.6) is 0 Å². The van der Waals surface area contributed by atoms with Crippen molar-refractivity contribution in [2.45, 2.75) is 44.7 Å². The maximum Gasteiger partial charge on any atom is 0.131 e. The molecule has 1 aliphatic carbocycles. The maximum atomic E-state index is 6.00. The van der Waals surface area contributed by atoms with Gasteiger partial charge in [-0.25, -0.2) is 4.98 Å². The Bertz CT molecular complexity index is 749. The maximum absolute atomic E-state index is 6.00. The lowest BCUT2D eigenvalue weighted by atomic mass is 9.97. The second-order valence-electron chi connectivity index (χ2n) is 5.96. The van der Waals surface area contributed by atoms with E-state index in [-0.39, 0.29) is 0 Å². The monoisotopic (exact) mass is 379 g/mol. The van der Waals surface area contributed by atoms with Gasteiger partial charge in [0.05, 0.1) is 15.9 Å². The van der Waals surface area contributed by atoms with Crippen molar-refractivity contribution in [2.75, 3.05) is 5.32 Å². The van der Waals surface area contributed by atoms with E-state index in [1.54, 1.807) is 22.7 Å². The van der Waals surface area contributed by atoms with Crippen LogP contribution in [-0.2, 0) is 6.54 Å². The quantitative estimate of drug-likeness (QED) is 0.557. The summed E-state index contributed by atoms with van der Waals surface area (Å²) in [5, 5.41) is 8.06. The Morgan fingerprint density at radius 1 is 1.17 bits per heavy atom. The van der Waals surface area contributed by atoms with E-state index >= 15 is 0 Å². The molecule has 0 saturated heterocycles. The summed E-state index contributed by atoms with van der Waals surface area (Å²) in [5.74, 6) is 0. The number of halogens is 1. The molecule has 1 saturated carbocycles. The molecular weight excluding hydrogens is 358 g/mol. The molecule has 4 rings (SSSR count). The molecule has 3 nitrogen and oxygen atoms in total. The SMILES string of the molecule is Clc1cc(NCc2cccs2)c2sccc2n1.NC1CCCCC1. The van der Waals surface area contributed by atoms with E-state index in [2.05, 4.69) is 27.8 Å². The van der Waals surface area contributed by atoms with Crippen LogP contribution in [0.15, 0.2) is 35.0 Å². The number of hydrogen-bond donors (Lipinski definition) is 2. The zero-order chi connectivity index (χ0) is 16.8. The number of nitrogens with two attached hydrogens (primary N) is 1. The lowest BCUT2D eigenvalue weighted by Crippen LogP contribution is -2.22. The molecule has 3 aromatic heterocycles. The number of thiophene rings is 2. The third-order valence-corrected chi connectivity index (χ3v) is 6.07. The van der Waals surface area contributed by atoms with Crippen LogP contribution in [0.1, 0.15) is 37.0 Å². The predicted octanol–water partition coefficient (Wildman–Crippen LogP) is 5.90. The average Bonchev–Trinajstić information content (AvgIpc) is 3.25. The molecule has 128 valence electrons. The van der Waals surface area contributed by atoms with Gasteiger partial charge in [0, 0.05) is 23.5 Å². The van der Waals surface area contributed by atoms with Gasteiger partial charge in [0.15, 0.2) is 0 Å². The van der Waals surface area contributed by atoms with Crippen molar-refractivity contribution in [1.29, 1.82) is 0 Å². The first kappa shape index (κ1) is 17.7. The summed E-state index contributed by atoms with van der Waals surface area (Å²) in [4.78, 5) is 5.59. The Morgan fingerprint density at radius 2 is 2.00 bits per heavy atom. The van der Waals surface area contributed by atoms with E-state index in [0.29, 0.717) is 11.2 Å². The highest BCUT2D eigenvalue weighted by Gasteiger charge is 2.07. The summed E-state index contributed by atoms with van der Waals surface area (Å²) in [6, 6.07) is 8.58. The second-order valence-corrected chi connectivity index (χ2v) is 8.29. The van der Waals surface area contributed by atoms with E-state index in [0.717, 1.165) is 22.4 Å². The molecule has 0 aliphatic heterocycles. The predicted molar refractivity (Wildman–Crippen MR) is 107 cm³/mol. The van der Waals surface area contributed by atoms with Gasteiger partial charge in [-0.15, -0.1) is 22.7 Å². The molecule has 3 N–H and O–H groups in total. The van der Waals surface area contributed by atoms with Gasteiger partial charge in [0.25, 0.3) is 0 Å². The normalized spacial score (nSPS) is 15.1. The first-order valence-corrected chi connectivity index (χ1v) is 10.4. The highest BCUT2D eigenvalue weighted by Crippen LogP contribution is 2.30. The number of aromatic nitrogens is 1. The van der Waals surface area contributed by atoms with Crippen molar-refractivity contribution in [1.82, 2.24) is 4.98 Å². The molecule has 0 unspecified atom stereocenters. The van der Waals surface area contributed by atoms with Crippen LogP contribution in [-0.4, -0.2) is 11.0 Å². The van der Waals surface area contributed by atoms with Crippen molar-refractivity contribution in [2.24, 2.45) is 5.73 Å². The van der Waals surface area contributed by atoms with Crippen LogP contribution in [0.2, 0.25) is 5.15 Å². The number of hydrogen-bond acceptors (Lipinski definition) is 5. The van der Waals surface area contributed by atoms with Crippen LogP contribution in [0.25, 0.3) is 10.2 Å². The summed E-state index contributed by atoms with van der Waals surface area (Å²) in [7, 11) is 0. The molecule has 24 heavy (non-hydrogen) atoms. The molecule has 0 amide bonds. The van der Waals surface area contributed by atoms with Crippen LogP contribution < -0.4 is 11.1 Å². The fourth-order valence-electron chi connectivity index (χ4n) is 2.79. The molecule has 6 heteroatoms. The molecule has 0 atom stereocenters. The molecule has 0 bridgehead atoms. The summed E-state index contributed by atoms with van der Waals surface area (Å²) in [6.45, 7) is 0.824. The standard InChI is InChI=1S/C12H9ClN2S2.C6H13N/c13-11-6-10(12-9(15-11)3-5-17-12)14-7-8-2-1-4-16-8;7-6-4-2-1-3-5-6/h1-6H,7H2,(H,14,15);6H,1-5,7H2. The Hall–Kier alpha value is -1.14. The Balaban J connectivity index is 0.000000203. The van der Waals surface area contributed by atoms with E-state index in [1.807, 2.05) is 17.5 Å². The van der Waals surface area contributed by atoms with Crippen molar-refractivity contribution >= 4 is 50.2 Å². The zero-order valence-electron chi connectivity index (χ0n) is 13.5. The highest BCUT2D eigenvalue weighted by atomic mass is 35.5. The number of rotatable bonds is 3. The van der Waals surface area contributed by atoms with Crippen molar-refractivity contribution < 1.29 is 0 Å². The summed E-state index contributed by atoms with van der Waals surface area (Å²) in [5.41, 5.74) is 7.65. The number of pyridine rings is 1. The van der Waals surface area contributed by atoms with Gasteiger partial charge in [-0.1, -0.05) is 36.9 Å². The summed E-state index contributed by atoms with van der Waals surface area (Å²) < 4.78 is 1.16. The van der Waals surface area contributed by atoms with E-state index in [4.69, 9.17) is 17.3 Å². The van der Waals surface area contributed by atoms with Gasteiger partial charge in [-0.2, -0.15) is 0 Å². The third-order valence-electron chi connectivity index (χ3n) is 4.06. The molecular formula is C18H22ClN3S2. The van der Waals surface area contributed by atoms with Gasteiger partial charge in [-0.05, 0) is 35.7 Å². The molecule has 0 radical (unpaired) electrons. The van der Waals surface area contributed by atoms with Crippen LogP contribution in [0.4, 0.5) is 5.69 Å². The zero-order valence-corrected chi connectivity index (χ0v) is 15.9.